The number of hydrogen-bond acceptors (Lipinski definition) is 3. The number of rotatable bonds is 4. The molecule has 0 aliphatic carbocycles. The van der Waals surface area contributed by atoms with Crippen molar-refractivity contribution in [2.75, 3.05) is 14.2 Å². The highest BCUT2D eigenvalue weighted by molar-refractivity contribution is 9.10. The topological polar surface area (TPSA) is 35.5 Å². The Hall–Kier alpha value is -1.88. The molecule has 2 aromatic carbocycles. The second-order valence-electron chi connectivity index (χ2n) is 4.09. The third-order valence-corrected chi connectivity index (χ3v) is 3.20. The van der Waals surface area contributed by atoms with Crippen LogP contribution in [0.5, 0.6) is 11.5 Å². The van der Waals surface area contributed by atoms with Crippen molar-refractivity contribution < 1.29 is 18.7 Å². The minimum atomic E-state index is -0.474. The average molecular weight is 339 g/mol. The van der Waals surface area contributed by atoms with E-state index >= 15 is 0 Å². The Morgan fingerprint density at radius 3 is 2.00 bits per heavy atom. The Balaban J connectivity index is 2.47. The summed E-state index contributed by atoms with van der Waals surface area (Å²) in [7, 11) is 3.00. The summed E-state index contributed by atoms with van der Waals surface area (Å²) in [5, 5.41) is 0. The zero-order valence-corrected chi connectivity index (χ0v) is 12.5. The van der Waals surface area contributed by atoms with E-state index in [4.69, 9.17) is 9.47 Å². The summed E-state index contributed by atoms with van der Waals surface area (Å²) in [6.07, 6.45) is 0. The van der Waals surface area contributed by atoms with Crippen LogP contribution < -0.4 is 9.47 Å². The van der Waals surface area contributed by atoms with Gasteiger partial charge in [0.05, 0.1) is 14.2 Å². The second kappa shape index (κ2) is 6.05. The molecular formula is C15H12BrFO3. The highest BCUT2D eigenvalue weighted by Gasteiger charge is 2.14. The number of ether oxygens (including phenoxy) is 2. The number of ketones is 1. The fourth-order valence-corrected chi connectivity index (χ4v) is 2.26. The lowest BCUT2D eigenvalue weighted by molar-refractivity contribution is 0.103. The van der Waals surface area contributed by atoms with E-state index in [2.05, 4.69) is 15.9 Å². The second-order valence-corrected chi connectivity index (χ2v) is 5.00. The van der Waals surface area contributed by atoms with E-state index in [1.165, 1.54) is 26.4 Å². The van der Waals surface area contributed by atoms with Gasteiger partial charge in [0.25, 0.3) is 0 Å². The quantitative estimate of drug-likeness (QED) is 0.794. The van der Waals surface area contributed by atoms with Gasteiger partial charge in [-0.05, 0) is 30.3 Å². The smallest absolute Gasteiger partial charge is 0.193 e. The van der Waals surface area contributed by atoms with Gasteiger partial charge in [-0.25, -0.2) is 4.39 Å². The number of hydrogen-bond donors (Lipinski definition) is 0. The van der Waals surface area contributed by atoms with Gasteiger partial charge in [-0.2, -0.15) is 0 Å². The van der Waals surface area contributed by atoms with E-state index in [1.807, 2.05) is 0 Å². The highest BCUT2D eigenvalue weighted by Crippen LogP contribution is 2.25. The van der Waals surface area contributed by atoms with E-state index in [-0.39, 0.29) is 11.3 Å². The normalized spacial score (nSPS) is 10.2. The van der Waals surface area contributed by atoms with Crippen LogP contribution in [0.2, 0.25) is 0 Å². The number of halogens is 2. The first-order valence-corrected chi connectivity index (χ1v) is 6.56. The molecule has 3 nitrogen and oxygen atoms in total. The van der Waals surface area contributed by atoms with Crippen LogP contribution in [-0.4, -0.2) is 20.0 Å². The van der Waals surface area contributed by atoms with Gasteiger partial charge in [-0.15, -0.1) is 0 Å². The number of carbonyl (C=O) groups excluding carboxylic acids is 1. The van der Waals surface area contributed by atoms with Crippen molar-refractivity contribution in [1.29, 1.82) is 0 Å². The van der Waals surface area contributed by atoms with Crippen molar-refractivity contribution in [3.8, 4) is 11.5 Å². The molecular weight excluding hydrogens is 327 g/mol. The maximum Gasteiger partial charge on any atom is 0.193 e. The Morgan fingerprint density at radius 2 is 1.50 bits per heavy atom. The van der Waals surface area contributed by atoms with Crippen molar-refractivity contribution in [3.63, 3.8) is 0 Å². The molecule has 0 heterocycles. The Morgan fingerprint density at radius 1 is 0.950 bits per heavy atom. The summed E-state index contributed by atoms with van der Waals surface area (Å²) in [5.74, 6) is 0.228. The minimum absolute atomic E-state index is 0.257. The van der Waals surface area contributed by atoms with Gasteiger partial charge in [0.2, 0.25) is 0 Å². The average Bonchev–Trinajstić information content (AvgIpc) is 2.44. The predicted molar refractivity (Wildman–Crippen MR) is 77.1 cm³/mol. The minimum Gasteiger partial charge on any atom is -0.497 e. The number of benzene rings is 2. The van der Waals surface area contributed by atoms with E-state index in [9.17, 15) is 9.18 Å². The van der Waals surface area contributed by atoms with Crippen LogP contribution in [0, 0.1) is 5.82 Å². The molecule has 2 aromatic rings. The van der Waals surface area contributed by atoms with Crippen molar-refractivity contribution in [1.82, 2.24) is 0 Å². The predicted octanol–water partition coefficient (Wildman–Crippen LogP) is 3.84. The van der Waals surface area contributed by atoms with Gasteiger partial charge in [-0.1, -0.05) is 15.9 Å². The molecule has 0 N–H and O–H groups in total. The summed E-state index contributed by atoms with van der Waals surface area (Å²) in [5.41, 5.74) is 0.630. The molecule has 0 unspecified atom stereocenters. The molecule has 0 atom stereocenters. The first kappa shape index (κ1) is 14.5. The summed E-state index contributed by atoms with van der Waals surface area (Å²) >= 11 is 3.17. The van der Waals surface area contributed by atoms with Gasteiger partial charge >= 0.3 is 0 Å². The molecule has 0 saturated heterocycles. The van der Waals surface area contributed by atoms with E-state index < -0.39 is 5.82 Å². The number of methoxy groups -OCH3 is 2. The van der Waals surface area contributed by atoms with Crippen LogP contribution in [0.1, 0.15) is 15.9 Å². The van der Waals surface area contributed by atoms with E-state index in [0.717, 1.165) is 0 Å². The molecule has 20 heavy (non-hydrogen) atoms. The molecule has 0 spiro atoms. The molecule has 0 bridgehead atoms. The molecule has 0 fully saturated rings. The monoisotopic (exact) mass is 338 g/mol. The molecule has 0 aliphatic heterocycles. The maximum absolute atomic E-state index is 13.4. The van der Waals surface area contributed by atoms with Gasteiger partial charge in [0.15, 0.2) is 5.78 Å². The van der Waals surface area contributed by atoms with E-state index in [1.54, 1.807) is 24.3 Å². The largest absolute Gasteiger partial charge is 0.497 e. The zero-order valence-electron chi connectivity index (χ0n) is 10.9. The van der Waals surface area contributed by atoms with Gasteiger partial charge < -0.3 is 9.47 Å². The molecule has 0 aliphatic rings. The van der Waals surface area contributed by atoms with Gasteiger partial charge in [0.1, 0.15) is 17.3 Å². The summed E-state index contributed by atoms with van der Waals surface area (Å²) in [4.78, 5) is 12.4. The maximum atomic E-state index is 13.4. The Kier molecular flexibility index (Phi) is 4.39. The van der Waals surface area contributed by atoms with Crippen molar-refractivity contribution in [2.45, 2.75) is 0 Å². The summed E-state index contributed by atoms with van der Waals surface area (Å²) in [6.45, 7) is 0. The molecule has 0 saturated carbocycles. The van der Waals surface area contributed by atoms with Crippen LogP contribution in [0.15, 0.2) is 40.9 Å². The lowest BCUT2D eigenvalue weighted by atomic mass is 10.0. The Bertz CT molecular complexity index is 613. The van der Waals surface area contributed by atoms with E-state index in [0.29, 0.717) is 21.5 Å². The van der Waals surface area contributed by atoms with Crippen LogP contribution in [0.4, 0.5) is 4.39 Å². The molecule has 5 heteroatoms. The third kappa shape index (κ3) is 3.17. The van der Waals surface area contributed by atoms with Crippen molar-refractivity contribution >= 4 is 21.7 Å². The highest BCUT2D eigenvalue weighted by atomic mass is 79.9. The van der Waals surface area contributed by atoms with Crippen LogP contribution >= 0.6 is 15.9 Å². The first-order valence-electron chi connectivity index (χ1n) is 5.77. The van der Waals surface area contributed by atoms with Crippen LogP contribution in [0.3, 0.4) is 0 Å². The lowest BCUT2D eigenvalue weighted by Gasteiger charge is -2.08. The van der Waals surface area contributed by atoms with Gasteiger partial charge in [-0.3, -0.25) is 4.79 Å². The lowest BCUT2D eigenvalue weighted by Crippen LogP contribution is -2.03. The standard InChI is InChI=1S/C15H12BrFO3/c1-19-13-5-10(6-14(8-13)20-2)15(18)9-3-11(16)7-12(17)4-9/h3-8H,1-2H3. The SMILES string of the molecule is COc1cc(OC)cc(C(=O)c2cc(F)cc(Br)c2)c1. The summed E-state index contributed by atoms with van der Waals surface area (Å²) < 4.78 is 24.1. The molecule has 0 amide bonds. The molecule has 2 rings (SSSR count). The number of carbonyl (C=O) groups is 1. The fraction of sp³-hybridized carbons (Fsp3) is 0.133. The molecule has 0 radical (unpaired) electrons. The van der Waals surface area contributed by atoms with Gasteiger partial charge in [0, 0.05) is 21.7 Å². The third-order valence-electron chi connectivity index (χ3n) is 2.74. The van der Waals surface area contributed by atoms with Crippen molar-refractivity contribution in [2.24, 2.45) is 0 Å². The van der Waals surface area contributed by atoms with Crippen LogP contribution in [-0.2, 0) is 0 Å². The molecule has 0 aromatic heterocycles. The first-order chi connectivity index (χ1) is 9.53. The Labute approximate surface area is 124 Å². The van der Waals surface area contributed by atoms with Crippen molar-refractivity contribution in [3.05, 3.63) is 57.8 Å². The molecule has 104 valence electrons. The zero-order chi connectivity index (χ0) is 14.7. The van der Waals surface area contributed by atoms with Crippen LogP contribution in [0.25, 0.3) is 0 Å². The fourth-order valence-electron chi connectivity index (χ4n) is 1.79. The summed E-state index contributed by atoms with van der Waals surface area (Å²) in [6, 6.07) is 8.89.